The number of aromatic nitrogens is 1. The van der Waals surface area contributed by atoms with Crippen LogP contribution in [0.5, 0.6) is 11.5 Å². The number of nitrogens with zero attached hydrogens (tertiary/aromatic N) is 1. The lowest BCUT2D eigenvalue weighted by molar-refractivity contribution is -0.118. The fourth-order valence-corrected chi connectivity index (χ4v) is 4.24. The highest BCUT2D eigenvalue weighted by Gasteiger charge is 2.22. The molecule has 3 rings (SSSR count). The van der Waals surface area contributed by atoms with E-state index in [0.717, 1.165) is 68.5 Å². The minimum atomic E-state index is 0.0201. The van der Waals surface area contributed by atoms with Gasteiger partial charge in [-0.2, -0.15) is 0 Å². The summed E-state index contributed by atoms with van der Waals surface area (Å²) < 4.78 is 13.9. The van der Waals surface area contributed by atoms with Crippen molar-refractivity contribution >= 4 is 5.91 Å². The second-order valence-corrected chi connectivity index (χ2v) is 8.16. The van der Waals surface area contributed by atoms with Crippen LogP contribution in [0.4, 0.5) is 0 Å². The minimum absolute atomic E-state index is 0.0201. The molecular formula is C25H34N2O4. The molecule has 2 heterocycles. The van der Waals surface area contributed by atoms with Crippen LogP contribution in [0.1, 0.15) is 64.0 Å². The quantitative estimate of drug-likeness (QED) is 0.568. The standard InChI is InChI=1S/C25H34N2O4/c1-4-20-10-9-19-15-25(31-14-8-6-5-7-12-26-18(2)28)24(30-3)17-22(19)23-16-21(29)11-13-27(20)23/h11,13,15-17,20H,4-10,12,14H2,1-3H3,(H,26,28). The molecule has 1 aliphatic heterocycles. The zero-order valence-corrected chi connectivity index (χ0v) is 18.9. The summed E-state index contributed by atoms with van der Waals surface area (Å²) in [5, 5.41) is 2.82. The number of hydrogen-bond donors (Lipinski definition) is 1. The third-order valence-corrected chi connectivity index (χ3v) is 5.94. The number of unbranched alkanes of at least 4 members (excludes halogenated alkanes) is 3. The molecule has 0 spiro atoms. The highest BCUT2D eigenvalue weighted by Crippen LogP contribution is 2.40. The molecule has 0 fully saturated rings. The smallest absolute Gasteiger partial charge is 0.216 e. The topological polar surface area (TPSA) is 69.6 Å². The zero-order valence-electron chi connectivity index (χ0n) is 18.9. The van der Waals surface area contributed by atoms with Gasteiger partial charge in [-0.05, 0) is 49.8 Å². The van der Waals surface area contributed by atoms with E-state index < -0.39 is 0 Å². The van der Waals surface area contributed by atoms with Gasteiger partial charge < -0.3 is 19.4 Å². The number of aryl methyl sites for hydroxylation is 1. The van der Waals surface area contributed by atoms with Gasteiger partial charge in [0.25, 0.3) is 0 Å². The SMILES string of the molecule is CCC1CCc2cc(OCCCCCCNC(C)=O)c(OC)cc2-c2cc(=O)ccn21. The third kappa shape index (κ3) is 5.90. The molecule has 168 valence electrons. The third-order valence-electron chi connectivity index (χ3n) is 5.94. The first-order valence-corrected chi connectivity index (χ1v) is 11.3. The summed E-state index contributed by atoms with van der Waals surface area (Å²) in [6, 6.07) is 7.85. The predicted molar refractivity (Wildman–Crippen MR) is 123 cm³/mol. The Balaban J connectivity index is 1.70. The average molecular weight is 427 g/mol. The van der Waals surface area contributed by atoms with E-state index in [1.165, 1.54) is 5.56 Å². The van der Waals surface area contributed by atoms with E-state index in [0.29, 0.717) is 18.4 Å². The Labute approximate surface area is 184 Å². The van der Waals surface area contributed by atoms with E-state index in [-0.39, 0.29) is 11.3 Å². The average Bonchev–Trinajstić information content (AvgIpc) is 2.90. The molecule has 6 nitrogen and oxygen atoms in total. The Morgan fingerprint density at radius 1 is 1.16 bits per heavy atom. The number of methoxy groups -OCH3 is 1. The maximum absolute atomic E-state index is 12.1. The first-order valence-electron chi connectivity index (χ1n) is 11.3. The van der Waals surface area contributed by atoms with Gasteiger partial charge in [0.15, 0.2) is 16.9 Å². The number of nitrogens with one attached hydrogen (secondary N) is 1. The number of carbonyl (C=O) groups is 1. The molecule has 1 unspecified atom stereocenters. The molecule has 1 atom stereocenters. The van der Waals surface area contributed by atoms with Gasteiger partial charge in [0.2, 0.25) is 5.91 Å². The van der Waals surface area contributed by atoms with Crippen molar-refractivity contribution in [3.05, 3.63) is 46.2 Å². The van der Waals surface area contributed by atoms with Gasteiger partial charge in [0.1, 0.15) is 0 Å². The van der Waals surface area contributed by atoms with Crippen LogP contribution in [0.15, 0.2) is 35.3 Å². The summed E-state index contributed by atoms with van der Waals surface area (Å²) in [5.41, 5.74) is 3.22. The molecule has 0 saturated heterocycles. The van der Waals surface area contributed by atoms with Gasteiger partial charge in [-0.3, -0.25) is 9.59 Å². The maximum Gasteiger partial charge on any atom is 0.216 e. The molecule has 2 aromatic rings. The molecule has 0 bridgehead atoms. The number of pyridine rings is 1. The van der Waals surface area contributed by atoms with Crippen LogP contribution >= 0.6 is 0 Å². The number of ether oxygens (including phenoxy) is 2. The summed E-state index contributed by atoms with van der Waals surface area (Å²) in [5.74, 6) is 1.48. The predicted octanol–water partition coefficient (Wildman–Crippen LogP) is 4.50. The van der Waals surface area contributed by atoms with Crippen LogP contribution in [0, 0.1) is 0 Å². The molecule has 1 amide bonds. The number of benzene rings is 1. The summed E-state index contributed by atoms with van der Waals surface area (Å²) in [6.45, 7) is 5.09. The molecule has 1 N–H and O–H groups in total. The van der Waals surface area contributed by atoms with Gasteiger partial charge >= 0.3 is 0 Å². The molecule has 0 aliphatic carbocycles. The molecule has 1 aromatic heterocycles. The van der Waals surface area contributed by atoms with Crippen LogP contribution < -0.4 is 20.2 Å². The van der Waals surface area contributed by atoms with Crippen LogP contribution in [-0.4, -0.2) is 30.7 Å². The van der Waals surface area contributed by atoms with E-state index in [1.54, 1.807) is 26.2 Å². The summed E-state index contributed by atoms with van der Waals surface area (Å²) in [7, 11) is 1.65. The molecule has 0 saturated carbocycles. The van der Waals surface area contributed by atoms with E-state index in [4.69, 9.17) is 9.47 Å². The van der Waals surface area contributed by atoms with Crippen molar-refractivity contribution in [1.29, 1.82) is 0 Å². The number of fused-ring (bicyclic) bond motifs is 3. The fourth-order valence-electron chi connectivity index (χ4n) is 4.24. The molecular weight excluding hydrogens is 392 g/mol. The normalized spacial score (nSPS) is 14.9. The molecule has 1 aliphatic rings. The monoisotopic (exact) mass is 426 g/mol. The van der Waals surface area contributed by atoms with Crippen molar-refractivity contribution in [3.63, 3.8) is 0 Å². The molecule has 31 heavy (non-hydrogen) atoms. The van der Waals surface area contributed by atoms with Gasteiger partial charge in [-0.25, -0.2) is 0 Å². The van der Waals surface area contributed by atoms with Gasteiger partial charge in [-0.1, -0.05) is 19.8 Å². The Kier molecular flexibility index (Phi) is 8.15. The second kappa shape index (κ2) is 11.0. The van der Waals surface area contributed by atoms with Gasteiger partial charge in [0, 0.05) is 43.4 Å². The van der Waals surface area contributed by atoms with Crippen molar-refractivity contribution in [3.8, 4) is 22.8 Å². The van der Waals surface area contributed by atoms with Crippen LogP contribution in [-0.2, 0) is 11.2 Å². The maximum atomic E-state index is 12.1. The van der Waals surface area contributed by atoms with Gasteiger partial charge in [-0.15, -0.1) is 0 Å². The van der Waals surface area contributed by atoms with Crippen LogP contribution in [0.3, 0.4) is 0 Å². The lowest BCUT2D eigenvalue weighted by Gasteiger charge is -2.20. The van der Waals surface area contributed by atoms with E-state index in [1.807, 2.05) is 12.3 Å². The Bertz CT molecular complexity index is 951. The minimum Gasteiger partial charge on any atom is -0.493 e. The molecule has 1 aromatic carbocycles. The number of rotatable bonds is 10. The fraction of sp³-hybridized carbons (Fsp3) is 0.520. The lowest BCUT2D eigenvalue weighted by Crippen LogP contribution is -2.20. The van der Waals surface area contributed by atoms with Crippen molar-refractivity contribution in [2.75, 3.05) is 20.3 Å². The van der Waals surface area contributed by atoms with E-state index in [9.17, 15) is 9.59 Å². The summed E-state index contributed by atoms with van der Waals surface area (Å²) in [6.07, 6.45) is 8.97. The van der Waals surface area contributed by atoms with Crippen molar-refractivity contribution in [2.24, 2.45) is 0 Å². The van der Waals surface area contributed by atoms with Crippen molar-refractivity contribution in [2.45, 2.75) is 64.8 Å². The Morgan fingerprint density at radius 2 is 1.97 bits per heavy atom. The van der Waals surface area contributed by atoms with Crippen molar-refractivity contribution < 1.29 is 14.3 Å². The number of hydrogen-bond acceptors (Lipinski definition) is 4. The second-order valence-electron chi connectivity index (χ2n) is 8.16. The van der Waals surface area contributed by atoms with Gasteiger partial charge in [0.05, 0.1) is 19.4 Å². The molecule has 6 heteroatoms. The van der Waals surface area contributed by atoms with E-state index >= 15 is 0 Å². The summed E-state index contributed by atoms with van der Waals surface area (Å²) in [4.78, 5) is 23.0. The van der Waals surface area contributed by atoms with Crippen LogP contribution in [0.2, 0.25) is 0 Å². The zero-order chi connectivity index (χ0) is 22.2. The first kappa shape index (κ1) is 22.9. The Hall–Kier alpha value is -2.76. The summed E-state index contributed by atoms with van der Waals surface area (Å²) >= 11 is 0. The Morgan fingerprint density at radius 3 is 2.71 bits per heavy atom. The highest BCUT2D eigenvalue weighted by atomic mass is 16.5. The largest absolute Gasteiger partial charge is 0.493 e. The molecule has 0 radical (unpaired) electrons. The lowest BCUT2D eigenvalue weighted by atomic mass is 9.99. The first-order chi connectivity index (χ1) is 15.0. The highest BCUT2D eigenvalue weighted by molar-refractivity contribution is 5.72. The van der Waals surface area contributed by atoms with Crippen LogP contribution in [0.25, 0.3) is 11.3 Å². The number of carbonyl (C=O) groups excluding carboxylic acids is 1. The van der Waals surface area contributed by atoms with E-state index in [2.05, 4.69) is 22.9 Å². The number of amides is 1. The van der Waals surface area contributed by atoms with Crippen molar-refractivity contribution in [1.82, 2.24) is 9.88 Å².